The van der Waals surface area contributed by atoms with Crippen molar-refractivity contribution in [2.45, 2.75) is 13.8 Å². The second-order valence-corrected chi connectivity index (χ2v) is 5.62. The van der Waals surface area contributed by atoms with Crippen LogP contribution >= 0.6 is 11.6 Å². The Hall–Kier alpha value is -2.46. The Morgan fingerprint density at radius 2 is 1.82 bits per heavy atom. The van der Waals surface area contributed by atoms with Crippen LogP contribution in [0.4, 0.5) is 5.69 Å². The van der Waals surface area contributed by atoms with E-state index in [-0.39, 0.29) is 5.69 Å². The number of nitro groups is 1. The van der Waals surface area contributed by atoms with Crippen LogP contribution in [-0.4, -0.2) is 9.91 Å². The molecule has 0 unspecified atom stereocenters. The lowest BCUT2D eigenvalue weighted by atomic mass is 9.96. The Kier molecular flexibility index (Phi) is 3.54. The van der Waals surface area contributed by atoms with Gasteiger partial charge < -0.3 is 0 Å². The number of hydrogen-bond acceptors (Lipinski definition) is 3. The van der Waals surface area contributed by atoms with Crippen molar-refractivity contribution in [1.29, 1.82) is 0 Å². The summed E-state index contributed by atoms with van der Waals surface area (Å²) in [7, 11) is 0. The SMILES string of the molecule is Cc1cc2ncc([N+](=O)[O-])c(-c3ccccc3Cl)c2cc1C. The summed E-state index contributed by atoms with van der Waals surface area (Å²) in [6.07, 6.45) is 1.30. The van der Waals surface area contributed by atoms with E-state index in [0.29, 0.717) is 16.1 Å². The Labute approximate surface area is 132 Å². The number of rotatable bonds is 2. The Balaban J connectivity index is 2.48. The predicted octanol–water partition coefficient (Wildman–Crippen LogP) is 5.08. The van der Waals surface area contributed by atoms with Gasteiger partial charge in [0.2, 0.25) is 0 Å². The van der Waals surface area contributed by atoms with Gasteiger partial charge in [0.15, 0.2) is 0 Å². The van der Waals surface area contributed by atoms with E-state index in [4.69, 9.17) is 11.6 Å². The van der Waals surface area contributed by atoms with Gasteiger partial charge in [0.1, 0.15) is 6.20 Å². The molecule has 3 aromatic rings. The van der Waals surface area contributed by atoms with E-state index >= 15 is 0 Å². The summed E-state index contributed by atoms with van der Waals surface area (Å²) in [4.78, 5) is 15.2. The number of benzene rings is 2. The number of aromatic nitrogens is 1. The van der Waals surface area contributed by atoms with Gasteiger partial charge in [0.05, 0.1) is 16.0 Å². The van der Waals surface area contributed by atoms with Gasteiger partial charge in [-0.15, -0.1) is 0 Å². The van der Waals surface area contributed by atoms with Crippen molar-refractivity contribution in [2.24, 2.45) is 0 Å². The molecular weight excluding hydrogens is 300 g/mol. The highest BCUT2D eigenvalue weighted by Gasteiger charge is 2.21. The molecule has 0 aliphatic rings. The first kappa shape index (κ1) is 14.5. The van der Waals surface area contributed by atoms with Gasteiger partial charge in [0, 0.05) is 16.0 Å². The van der Waals surface area contributed by atoms with Crippen LogP contribution in [0.5, 0.6) is 0 Å². The molecule has 0 N–H and O–H groups in total. The standard InChI is InChI=1S/C17H13ClN2O2/c1-10-7-13-15(8-11(10)2)19-9-16(20(21)22)17(13)12-5-3-4-6-14(12)18/h3-9H,1-2H3. The molecule has 0 bridgehead atoms. The van der Waals surface area contributed by atoms with Gasteiger partial charge in [-0.3, -0.25) is 10.1 Å². The first-order valence-corrected chi connectivity index (χ1v) is 7.16. The second kappa shape index (κ2) is 5.39. The van der Waals surface area contributed by atoms with E-state index in [1.54, 1.807) is 18.2 Å². The summed E-state index contributed by atoms with van der Waals surface area (Å²) in [6, 6.07) is 11.0. The van der Waals surface area contributed by atoms with Crippen molar-refractivity contribution >= 4 is 28.2 Å². The van der Waals surface area contributed by atoms with Gasteiger partial charge in [-0.05, 0) is 43.2 Å². The second-order valence-electron chi connectivity index (χ2n) is 5.21. The van der Waals surface area contributed by atoms with Gasteiger partial charge in [0.25, 0.3) is 5.69 Å². The number of hydrogen-bond donors (Lipinski definition) is 0. The molecule has 22 heavy (non-hydrogen) atoms. The van der Waals surface area contributed by atoms with E-state index in [1.807, 2.05) is 32.0 Å². The summed E-state index contributed by atoms with van der Waals surface area (Å²) < 4.78 is 0. The van der Waals surface area contributed by atoms with Gasteiger partial charge in [-0.2, -0.15) is 0 Å². The summed E-state index contributed by atoms with van der Waals surface area (Å²) in [5.41, 5.74) is 4.00. The maximum atomic E-state index is 11.4. The molecule has 0 saturated heterocycles. The van der Waals surface area contributed by atoms with Crippen LogP contribution in [0.25, 0.3) is 22.0 Å². The molecular formula is C17H13ClN2O2. The first-order valence-electron chi connectivity index (χ1n) is 6.78. The molecule has 0 radical (unpaired) electrons. The molecule has 1 aromatic heterocycles. The van der Waals surface area contributed by atoms with E-state index in [0.717, 1.165) is 22.0 Å². The molecule has 0 atom stereocenters. The first-order chi connectivity index (χ1) is 10.5. The van der Waals surface area contributed by atoms with Crippen LogP contribution < -0.4 is 0 Å². The number of aryl methyl sites for hydroxylation is 2. The third-order valence-electron chi connectivity index (χ3n) is 3.80. The fraction of sp³-hybridized carbons (Fsp3) is 0.118. The van der Waals surface area contributed by atoms with Crippen molar-refractivity contribution in [1.82, 2.24) is 4.98 Å². The zero-order valence-electron chi connectivity index (χ0n) is 12.1. The molecule has 0 aliphatic carbocycles. The third-order valence-corrected chi connectivity index (χ3v) is 4.13. The van der Waals surface area contributed by atoms with Gasteiger partial charge >= 0.3 is 0 Å². The molecule has 2 aromatic carbocycles. The van der Waals surface area contributed by atoms with Crippen molar-refractivity contribution < 1.29 is 4.92 Å². The van der Waals surface area contributed by atoms with E-state index in [1.165, 1.54) is 6.20 Å². The molecule has 0 fully saturated rings. The highest BCUT2D eigenvalue weighted by atomic mass is 35.5. The van der Waals surface area contributed by atoms with Crippen LogP contribution in [0.1, 0.15) is 11.1 Å². The molecule has 3 rings (SSSR count). The molecule has 5 heteroatoms. The average Bonchev–Trinajstić information content (AvgIpc) is 2.48. The Morgan fingerprint density at radius 3 is 2.50 bits per heavy atom. The number of fused-ring (bicyclic) bond motifs is 1. The van der Waals surface area contributed by atoms with E-state index in [2.05, 4.69) is 4.98 Å². The monoisotopic (exact) mass is 312 g/mol. The molecule has 4 nitrogen and oxygen atoms in total. The highest BCUT2D eigenvalue weighted by Crippen LogP contribution is 2.39. The van der Waals surface area contributed by atoms with Crippen LogP contribution in [0.3, 0.4) is 0 Å². The van der Waals surface area contributed by atoms with Crippen LogP contribution in [-0.2, 0) is 0 Å². The molecule has 1 heterocycles. The van der Waals surface area contributed by atoms with Crippen molar-refractivity contribution in [3.63, 3.8) is 0 Å². The van der Waals surface area contributed by atoms with Crippen LogP contribution in [0, 0.1) is 24.0 Å². The van der Waals surface area contributed by atoms with Gasteiger partial charge in [-0.1, -0.05) is 29.8 Å². The largest absolute Gasteiger partial charge is 0.296 e. The quantitative estimate of drug-likeness (QED) is 0.489. The maximum Gasteiger partial charge on any atom is 0.296 e. The zero-order chi connectivity index (χ0) is 15.9. The van der Waals surface area contributed by atoms with E-state index in [9.17, 15) is 10.1 Å². The summed E-state index contributed by atoms with van der Waals surface area (Å²) in [6.45, 7) is 3.97. The van der Waals surface area contributed by atoms with Crippen molar-refractivity contribution in [3.05, 3.63) is 68.9 Å². The molecule has 110 valence electrons. The molecule has 0 amide bonds. The average molecular weight is 313 g/mol. The smallest absolute Gasteiger partial charge is 0.258 e. The Morgan fingerprint density at radius 1 is 1.14 bits per heavy atom. The number of nitrogens with zero attached hydrogens (tertiary/aromatic N) is 2. The maximum absolute atomic E-state index is 11.4. The van der Waals surface area contributed by atoms with E-state index < -0.39 is 4.92 Å². The minimum absolute atomic E-state index is 0.0381. The van der Waals surface area contributed by atoms with Crippen LogP contribution in [0.2, 0.25) is 5.02 Å². The summed E-state index contributed by atoms with van der Waals surface area (Å²) in [5.74, 6) is 0. The summed E-state index contributed by atoms with van der Waals surface area (Å²) in [5, 5.41) is 12.6. The molecule has 0 spiro atoms. The normalized spacial score (nSPS) is 10.9. The molecule has 0 saturated carbocycles. The van der Waals surface area contributed by atoms with Crippen molar-refractivity contribution in [2.75, 3.05) is 0 Å². The van der Waals surface area contributed by atoms with Gasteiger partial charge in [-0.25, -0.2) is 4.98 Å². The predicted molar refractivity (Wildman–Crippen MR) is 88.3 cm³/mol. The lowest BCUT2D eigenvalue weighted by molar-refractivity contribution is -0.384. The fourth-order valence-corrected chi connectivity index (χ4v) is 2.76. The van der Waals surface area contributed by atoms with Crippen molar-refractivity contribution in [3.8, 4) is 11.1 Å². The Bertz CT molecular complexity index is 907. The zero-order valence-corrected chi connectivity index (χ0v) is 12.9. The lowest BCUT2D eigenvalue weighted by Crippen LogP contribution is -1.96. The minimum atomic E-state index is -0.416. The third kappa shape index (κ3) is 2.31. The summed E-state index contributed by atoms with van der Waals surface area (Å²) >= 11 is 6.26. The minimum Gasteiger partial charge on any atom is -0.258 e. The fourth-order valence-electron chi connectivity index (χ4n) is 2.53. The topological polar surface area (TPSA) is 56.0 Å². The lowest BCUT2D eigenvalue weighted by Gasteiger charge is -2.11. The molecule has 0 aliphatic heterocycles. The number of halogens is 1. The van der Waals surface area contributed by atoms with Crippen LogP contribution in [0.15, 0.2) is 42.6 Å². The highest BCUT2D eigenvalue weighted by molar-refractivity contribution is 6.34. The number of pyridine rings is 1.